The van der Waals surface area contributed by atoms with E-state index in [2.05, 4.69) is 41.3 Å². The summed E-state index contributed by atoms with van der Waals surface area (Å²) in [7, 11) is 0. The van der Waals surface area contributed by atoms with Gasteiger partial charge >= 0.3 is 0 Å². The van der Waals surface area contributed by atoms with E-state index in [0.717, 1.165) is 28.5 Å². The van der Waals surface area contributed by atoms with Crippen LogP contribution in [0.4, 0.5) is 0 Å². The van der Waals surface area contributed by atoms with Gasteiger partial charge in [-0.3, -0.25) is 0 Å². The summed E-state index contributed by atoms with van der Waals surface area (Å²) in [6, 6.07) is 10.8. The van der Waals surface area contributed by atoms with Crippen LogP contribution in [-0.2, 0) is 6.54 Å². The molecule has 1 aliphatic rings. The molecular weight excluding hydrogens is 348 g/mol. The molecule has 1 aliphatic carbocycles. The normalized spacial score (nSPS) is 20.6. The molecule has 1 fully saturated rings. The first-order valence-electron chi connectivity index (χ1n) is 8.86. The Kier molecular flexibility index (Phi) is 6.76. The summed E-state index contributed by atoms with van der Waals surface area (Å²) in [5.41, 5.74) is 2.19. The maximum Gasteiger partial charge on any atom is 0.191 e. The fourth-order valence-electron chi connectivity index (χ4n) is 3.05. The van der Waals surface area contributed by atoms with Gasteiger partial charge in [0.25, 0.3) is 0 Å². The molecule has 0 aliphatic heterocycles. The molecule has 1 aromatic carbocycles. The SMILES string of the molecule is CCNC(=NCc1csc(-c2ccccc2)n1)NC1CCC(SC)C1. The predicted molar refractivity (Wildman–Crippen MR) is 110 cm³/mol. The van der Waals surface area contributed by atoms with Gasteiger partial charge in [0, 0.05) is 28.8 Å². The van der Waals surface area contributed by atoms with E-state index in [1.54, 1.807) is 11.3 Å². The molecule has 6 heteroatoms. The van der Waals surface area contributed by atoms with Crippen LogP contribution in [0.5, 0.6) is 0 Å². The van der Waals surface area contributed by atoms with Gasteiger partial charge < -0.3 is 10.6 Å². The van der Waals surface area contributed by atoms with Crippen LogP contribution >= 0.6 is 23.1 Å². The highest BCUT2D eigenvalue weighted by atomic mass is 32.2. The minimum Gasteiger partial charge on any atom is -0.357 e. The topological polar surface area (TPSA) is 49.3 Å². The quantitative estimate of drug-likeness (QED) is 0.589. The fraction of sp³-hybridized carbons (Fsp3) is 0.474. The molecule has 0 radical (unpaired) electrons. The van der Waals surface area contributed by atoms with Crippen LogP contribution in [0.2, 0.25) is 0 Å². The van der Waals surface area contributed by atoms with Crippen molar-refractivity contribution in [3.8, 4) is 10.6 Å². The van der Waals surface area contributed by atoms with Crippen LogP contribution < -0.4 is 10.6 Å². The minimum absolute atomic E-state index is 0.533. The molecule has 0 spiro atoms. The third-order valence-electron chi connectivity index (χ3n) is 4.37. The van der Waals surface area contributed by atoms with Gasteiger partial charge in [-0.05, 0) is 32.4 Å². The lowest BCUT2D eigenvalue weighted by Crippen LogP contribution is -2.42. The van der Waals surface area contributed by atoms with Crippen molar-refractivity contribution < 1.29 is 0 Å². The number of hydrogen-bond acceptors (Lipinski definition) is 4. The lowest BCUT2D eigenvalue weighted by atomic mass is 10.2. The standard InChI is InChI=1S/C19H26N4S2/c1-3-20-19(23-15-9-10-17(11-15)24-2)21-12-16-13-25-18(22-16)14-7-5-4-6-8-14/h4-8,13,15,17H,3,9-12H2,1-2H3,(H2,20,21,23). The highest BCUT2D eigenvalue weighted by Gasteiger charge is 2.24. The van der Waals surface area contributed by atoms with E-state index in [-0.39, 0.29) is 0 Å². The van der Waals surface area contributed by atoms with Crippen molar-refractivity contribution in [2.45, 2.75) is 44.0 Å². The molecule has 0 bridgehead atoms. The second kappa shape index (κ2) is 9.25. The first kappa shape index (κ1) is 18.3. The van der Waals surface area contributed by atoms with E-state index >= 15 is 0 Å². The summed E-state index contributed by atoms with van der Waals surface area (Å²) in [4.78, 5) is 9.46. The number of rotatable bonds is 6. The van der Waals surface area contributed by atoms with Gasteiger partial charge in [0.1, 0.15) is 5.01 Å². The number of aliphatic imine (C=N–C) groups is 1. The molecule has 1 heterocycles. The predicted octanol–water partition coefficient (Wildman–Crippen LogP) is 4.15. The van der Waals surface area contributed by atoms with E-state index in [4.69, 9.17) is 9.98 Å². The number of aromatic nitrogens is 1. The maximum absolute atomic E-state index is 4.74. The van der Waals surface area contributed by atoms with Crippen LogP contribution in [0.25, 0.3) is 10.6 Å². The number of guanidine groups is 1. The average molecular weight is 375 g/mol. The van der Waals surface area contributed by atoms with Crippen LogP contribution in [0.15, 0.2) is 40.7 Å². The molecule has 134 valence electrons. The van der Waals surface area contributed by atoms with E-state index in [1.165, 1.54) is 24.8 Å². The highest BCUT2D eigenvalue weighted by Crippen LogP contribution is 2.28. The monoisotopic (exact) mass is 374 g/mol. The number of thioether (sulfide) groups is 1. The summed E-state index contributed by atoms with van der Waals surface area (Å²) in [5, 5.41) is 10.9. The Labute approximate surface area is 158 Å². The Morgan fingerprint density at radius 2 is 2.16 bits per heavy atom. The highest BCUT2D eigenvalue weighted by molar-refractivity contribution is 7.99. The molecule has 2 unspecified atom stereocenters. The van der Waals surface area contributed by atoms with Gasteiger partial charge in [0.2, 0.25) is 0 Å². The Bertz CT molecular complexity index is 684. The molecule has 2 N–H and O–H groups in total. The molecule has 2 atom stereocenters. The first-order valence-corrected chi connectivity index (χ1v) is 11.0. The Morgan fingerprint density at radius 3 is 2.88 bits per heavy atom. The smallest absolute Gasteiger partial charge is 0.191 e. The van der Waals surface area contributed by atoms with E-state index < -0.39 is 0 Å². The number of thiazole rings is 1. The van der Waals surface area contributed by atoms with Crippen molar-refractivity contribution in [3.63, 3.8) is 0 Å². The van der Waals surface area contributed by atoms with Crippen molar-refractivity contribution >= 4 is 29.1 Å². The molecule has 0 amide bonds. The summed E-state index contributed by atoms with van der Waals surface area (Å²) in [5.74, 6) is 0.906. The number of hydrogen-bond donors (Lipinski definition) is 2. The molecule has 1 saturated carbocycles. The Hall–Kier alpha value is -1.53. The fourth-order valence-corrected chi connectivity index (χ4v) is 4.67. The molecule has 4 nitrogen and oxygen atoms in total. The molecule has 1 aromatic heterocycles. The van der Waals surface area contributed by atoms with Gasteiger partial charge in [-0.1, -0.05) is 30.3 Å². The van der Waals surface area contributed by atoms with Crippen LogP contribution in [0, 0.1) is 0 Å². The van der Waals surface area contributed by atoms with Crippen molar-refractivity contribution in [1.82, 2.24) is 15.6 Å². The maximum atomic E-state index is 4.74. The number of nitrogens with one attached hydrogen (secondary N) is 2. The van der Waals surface area contributed by atoms with E-state index in [1.807, 2.05) is 30.0 Å². The van der Waals surface area contributed by atoms with Crippen molar-refractivity contribution in [1.29, 1.82) is 0 Å². The zero-order valence-electron chi connectivity index (χ0n) is 14.9. The largest absolute Gasteiger partial charge is 0.357 e. The van der Waals surface area contributed by atoms with Crippen LogP contribution in [-0.4, -0.2) is 35.0 Å². The third-order valence-corrected chi connectivity index (χ3v) is 6.41. The zero-order chi connectivity index (χ0) is 17.5. The van der Waals surface area contributed by atoms with E-state index in [0.29, 0.717) is 12.6 Å². The molecule has 0 saturated heterocycles. The van der Waals surface area contributed by atoms with Crippen molar-refractivity contribution in [3.05, 3.63) is 41.4 Å². The average Bonchev–Trinajstić information content (AvgIpc) is 3.30. The molecule has 25 heavy (non-hydrogen) atoms. The summed E-state index contributed by atoms with van der Waals surface area (Å²) >= 11 is 3.66. The van der Waals surface area contributed by atoms with Gasteiger partial charge in [-0.2, -0.15) is 11.8 Å². The lowest BCUT2D eigenvalue weighted by Gasteiger charge is -2.17. The second-order valence-electron chi connectivity index (χ2n) is 6.22. The van der Waals surface area contributed by atoms with Crippen LogP contribution in [0.3, 0.4) is 0 Å². The Morgan fingerprint density at radius 1 is 1.32 bits per heavy atom. The van der Waals surface area contributed by atoms with Gasteiger partial charge in [-0.25, -0.2) is 9.98 Å². The second-order valence-corrected chi connectivity index (χ2v) is 8.21. The van der Waals surface area contributed by atoms with Gasteiger partial charge in [-0.15, -0.1) is 11.3 Å². The molecule has 2 aromatic rings. The third kappa shape index (κ3) is 5.22. The first-order chi connectivity index (χ1) is 12.3. The van der Waals surface area contributed by atoms with E-state index in [9.17, 15) is 0 Å². The molecule has 3 rings (SSSR count). The molecular formula is C19H26N4S2. The van der Waals surface area contributed by atoms with Crippen LogP contribution in [0.1, 0.15) is 31.9 Å². The number of benzene rings is 1. The summed E-state index contributed by atoms with van der Waals surface area (Å²) < 4.78 is 0. The minimum atomic E-state index is 0.533. The zero-order valence-corrected chi connectivity index (χ0v) is 16.5. The van der Waals surface area contributed by atoms with Crippen molar-refractivity contribution in [2.24, 2.45) is 4.99 Å². The lowest BCUT2D eigenvalue weighted by molar-refractivity contribution is 0.615. The number of nitrogens with zero attached hydrogens (tertiary/aromatic N) is 2. The van der Waals surface area contributed by atoms with Crippen molar-refractivity contribution in [2.75, 3.05) is 12.8 Å². The van der Waals surface area contributed by atoms with Gasteiger partial charge in [0.15, 0.2) is 5.96 Å². The summed E-state index contributed by atoms with van der Waals surface area (Å²) in [6.07, 6.45) is 5.95. The Balaban J connectivity index is 1.61. The van der Waals surface area contributed by atoms with Gasteiger partial charge in [0.05, 0.1) is 12.2 Å². The summed E-state index contributed by atoms with van der Waals surface area (Å²) in [6.45, 7) is 3.58.